The molecule has 148 valence electrons. The Balaban J connectivity index is 1.81. The molecule has 1 heterocycles. The number of aryl methyl sites for hydroxylation is 1. The number of rotatable bonds is 9. The smallest absolute Gasteiger partial charge is 0.191 e. The highest BCUT2D eigenvalue weighted by Crippen LogP contribution is 2.16. The molecule has 0 fully saturated rings. The van der Waals surface area contributed by atoms with Gasteiger partial charge >= 0.3 is 0 Å². The molecule has 0 saturated heterocycles. The van der Waals surface area contributed by atoms with Crippen molar-refractivity contribution in [3.05, 3.63) is 52.0 Å². The SMILES string of the molecule is CCNC(=NCC(O)COc1ccc(F)cc1)NC(C)Cc1ccc(C)s1. The van der Waals surface area contributed by atoms with Crippen LogP contribution in [0.1, 0.15) is 23.6 Å². The number of aliphatic imine (C=N–C) groups is 1. The first-order chi connectivity index (χ1) is 13.0. The summed E-state index contributed by atoms with van der Waals surface area (Å²) in [4.78, 5) is 7.07. The van der Waals surface area contributed by atoms with Crippen LogP contribution in [0.5, 0.6) is 5.75 Å². The van der Waals surface area contributed by atoms with Crippen molar-refractivity contribution in [2.75, 3.05) is 19.7 Å². The van der Waals surface area contributed by atoms with Crippen LogP contribution in [0.25, 0.3) is 0 Å². The van der Waals surface area contributed by atoms with E-state index in [0.717, 1.165) is 13.0 Å². The van der Waals surface area contributed by atoms with E-state index >= 15 is 0 Å². The third-order valence-corrected chi connectivity index (χ3v) is 4.77. The molecule has 0 radical (unpaired) electrons. The standard InChI is InChI=1S/C20H28FN3O2S/c1-4-22-20(24-14(2)11-19-10-5-15(3)27-19)23-12-17(25)13-26-18-8-6-16(21)7-9-18/h5-10,14,17,25H,4,11-13H2,1-3H3,(H2,22,23,24). The number of thiophene rings is 1. The molecule has 1 aromatic carbocycles. The van der Waals surface area contributed by atoms with Gasteiger partial charge in [-0.05, 0) is 57.2 Å². The van der Waals surface area contributed by atoms with Crippen LogP contribution in [0.4, 0.5) is 4.39 Å². The van der Waals surface area contributed by atoms with Gasteiger partial charge in [0.05, 0.1) is 6.54 Å². The summed E-state index contributed by atoms with van der Waals surface area (Å²) < 4.78 is 18.3. The van der Waals surface area contributed by atoms with Crippen LogP contribution in [0.15, 0.2) is 41.4 Å². The molecular formula is C20H28FN3O2S. The highest BCUT2D eigenvalue weighted by atomic mass is 32.1. The van der Waals surface area contributed by atoms with Gasteiger partial charge in [-0.2, -0.15) is 0 Å². The third-order valence-electron chi connectivity index (χ3n) is 3.75. The molecule has 2 atom stereocenters. The second-order valence-electron chi connectivity index (χ2n) is 6.40. The van der Waals surface area contributed by atoms with Crippen LogP contribution in [0, 0.1) is 12.7 Å². The lowest BCUT2D eigenvalue weighted by molar-refractivity contribution is 0.114. The first-order valence-electron chi connectivity index (χ1n) is 9.13. The van der Waals surface area contributed by atoms with Crippen molar-refractivity contribution in [3.63, 3.8) is 0 Å². The second-order valence-corrected chi connectivity index (χ2v) is 7.77. The predicted molar refractivity (Wildman–Crippen MR) is 109 cm³/mol. The molecule has 0 aliphatic carbocycles. The van der Waals surface area contributed by atoms with Gasteiger partial charge in [0.25, 0.3) is 0 Å². The summed E-state index contributed by atoms with van der Waals surface area (Å²) >= 11 is 1.80. The van der Waals surface area contributed by atoms with Crippen molar-refractivity contribution < 1.29 is 14.2 Å². The number of aliphatic hydroxyl groups is 1. The molecular weight excluding hydrogens is 365 g/mol. The maximum atomic E-state index is 12.9. The fourth-order valence-corrected chi connectivity index (χ4v) is 3.49. The second kappa shape index (κ2) is 10.9. The van der Waals surface area contributed by atoms with E-state index in [2.05, 4.69) is 41.6 Å². The molecule has 5 nitrogen and oxygen atoms in total. The van der Waals surface area contributed by atoms with E-state index < -0.39 is 6.10 Å². The largest absolute Gasteiger partial charge is 0.491 e. The molecule has 0 bridgehead atoms. The summed E-state index contributed by atoms with van der Waals surface area (Å²) in [5, 5.41) is 16.6. The first-order valence-corrected chi connectivity index (χ1v) is 9.94. The highest BCUT2D eigenvalue weighted by Gasteiger charge is 2.10. The Morgan fingerprint density at radius 3 is 2.63 bits per heavy atom. The fraction of sp³-hybridized carbons (Fsp3) is 0.450. The van der Waals surface area contributed by atoms with E-state index in [4.69, 9.17) is 4.74 Å². The molecule has 1 aromatic heterocycles. The predicted octanol–water partition coefficient (Wildman–Crippen LogP) is 3.12. The lowest BCUT2D eigenvalue weighted by atomic mass is 10.2. The van der Waals surface area contributed by atoms with Gasteiger partial charge in [0.1, 0.15) is 24.3 Å². The summed E-state index contributed by atoms with van der Waals surface area (Å²) in [6.07, 6.45) is 0.167. The number of nitrogens with one attached hydrogen (secondary N) is 2. The minimum atomic E-state index is -0.749. The molecule has 2 aromatic rings. The van der Waals surface area contributed by atoms with Gasteiger partial charge in [0.2, 0.25) is 0 Å². The Morgan fingerprint density at radius 2 is 2.00 bits per heavy atom. The summed E-state index contributed by atoms with van der Waals surface area (Å²) in [5.74, 6) is 0.865. The monoisotopic (exact) mass is 393 g/mol. The zero-order valence-electron chi connectivity index (χ0n) is 16.0. The lowest BCUT2D eigenvalue weighted by Gasteiger charge is -2.18. The quantitative estimate of drug-likeness (QED) is 0.452. The number of nitrogens with zero attached hydrogens (tertiary/aromatic N) is 1. The minimum Gasteiger partial charge on any atom is -0.491 e. The highest BCUT2D eigenvalue weighted by molar-refractivity contribution is 7.11. The zero-order valence-corrected chi connectivity index (χ0v) is 16.9. The molecule has 0 saturated carbocycles. The van der Waals surface area contributed by atoms with Crippen LogP contribution in [-0.2, 0) is 6.42 Å². The third kappa shape index (κ3) is 7.97. The van der Waals surface area contributed by atoms with E-state index in [-0.39, 0.29) is 25.0 Å². The van der Waals surface area contributed by atoms with E-state index in [1.54, 1.807) is 11.3 Å². The number of hydrogen-bond acceptors (Lipinski definition) is 4. The number of aliphatic hydroxyl groups excluding tert-OH is 1. The van der Waals surface area contributed by atoms with Gasteiger partial charge in [0, 0.05) is 28.8 Å². The Bertz CT molecular complexity index is 718. The number of ether oxygens (including phenoxy) is 1. The minimum absolute atomic E-state index is 0.0958. The van der Waals surface area contributed by atoms with Crippen molar-refractivity contribution >= 4 is 17.3 Å². The Kier molecular flexibility index (Phi) is 8.54. The molecule has 2 unspecified atom stereocenters. The van der Waals surface area contributed by atoms with Crippen molar-refractivity contribution in [2.24, 2.45) is 4.99 Å². The molecule has 2 rings (SSSR count). The van der Waals surface area contributed by atoms with Crippen LogP contribution >= 0.6 is 11.3 Å². The van der Waals surface area contributed by atoms with Crippen LogP contribution in [-0.4, -0.2) is 42.9 Å². The molecule has 7 heteroatoms. The van der Waals surface area contributed by atoms with Gasteiger partial charge in [-0.15, -0.1) is 11.3 Å². The van der Waals surface area contributed by atoms with E-state index in [1.165, 1.54) is 34.0 Å². The maximum absolute atomic E-state index is 12.9. The van der Waals surface area contributed by atoms with Crippen molar-refractivity contribution in [3.8, 4) is 5.75 Å². The van der Waals surface area contributed by atoms with Gasteiger partial charge < -0.3 is 20.5 Å². The van der Waals surface area contributed by atoms with Gasteiger partial charge in [-0.3, -0.25) is 4.99 Å². The van der Waals surface area contributed by atoms with E-state index in [0.29, 0.717) is 11.7 Å². The van der Waals surface area contributed by atoms with Gasteiger partial charge in [-0.25, -0.2) is 4.39 Å². The Morgan fingerprint density at radius 1 is 1.26 bits per heavy atom. The number of hydrogen-bond donors (Lipinski definition) is 3. The number of guanidine groups is 1. The summed E-state index contributed by atoms with van der Waals surface area (Å²) in [6.45, 7) is 7.25. The Labute approximate surface area is 164 Å². The van der Waals surface area contributed by atoms with Crippen molar-refractivity contribution in [2.45, 2.75) is 39.3 Å². The summed E-state index contributed by atoms with van der Waals surface area (Å²) in [5.41, 5.74) is 0. The average molecular weight is 394 g/mol. The van der Waals surface area contributed by atoms with Crippen LogP contribution < -0.4 is 15.4 Å². The van der Waals surface area contributed by atoms with E-state index in [1.807, 2.05) is 6.92 Å². The topological polar surface area (TPSA) is 65.9 Å². The lowest BCUT2D eigenvalue weighted by Crippen LogP contribution is -2.43. The normalized spacial score (nSPS) is 13.9. The molecule has 0 aliphatic rings. The molecule has 27 heavy (non-hydrogen) atoms. The van der Waals surface area contributed by atoms with E-state index in [9.17, 15) is 9.50 Å². The van der Waals surface area contributed by atoms with Gasteiger partial charge in [0.15, 0.2) is 5.96 Å². The first kappa shape index (κ1) is 21.2. The van der Waals surface area contributed by atoms with Gasteiger partial charge in [-0.1, -0.05) is 0 Å². The van der Waals surface area contributed by atoms with Crippen molar-refractivity contribution in [1.82, 2.24) is 10.6 Å². The average Bonchev–Trinajstić information content (AvgIpc) is 3.04. The summed E-state index contributed by atoms with van der Waals surface area (Å²) in [7, 11) is 0. The molecule has 0 spiro atoms. The molecule has 0 amide bonds. The zero-order chi connectivity index (χ0) is 19.6. The van der Waals surface area contributed by atoms with Crippen molar-refractivity contribution in [1.29, 1.82) is 0 Å². The fourth-order valence-electron chi connectivity index (χ4n) is 2.47. The maximum Gasteiger partial charge on any atom is 0.191 e. The number of benzene rings is 1. The molecule has 3 N–H and O–H groups in total. The number of halogens is 1. The summed E-state index contributed by atoms with van der Waals surface area (Å²) in [6, 6.07) is 10.2. The Hall–Kier alpha value is -2.12. The van der Waals surface area contributed by atoms with Crippen LogP contribution in [0.2, 0.25) is 0 Å². The molecule has 0 aliphatic heterocycles. The van der Waals surface area contributed by atoms with Crippen LogP contribution in [0.3, 0.4) is 0 Å².